The Morgan fingerprint density at radius 3 is 2.57 bits per heavy atom. The van der Waals surface area contributed by atoms with E-state index in [2.05, 4.69) is 10.6 Å². The van der Waals surface area contributed by atoms with Gasteiger partial charge in [-0.2, -0.15) is 0 Å². The summed E-state index contributed by atoms with van der Waals surface area (Å²) in [5.74, 6) is 1.16. The highest BCUT2D eigenvalue weighted by Gasteiger charge is 2.05. The average molecular weight is 294 g/mol. The van der Waals surface area contributed by atoms with Crippen LogP contribution in [0.15, 0.2) is 18.2 Å². The van der Waals surface area contributed by atoms with Crippen LogP contribution in [-0.4, -0.2) is 37.4 Å². The smallest absolute Gasteiger partial charge is 0.314 e. The minimum absolute atomic E-state index is 0.147. The maximum atomic E-state index is 11.6. The molecule has 0 saturated heterocycles. The van der Waals surface area contributed by atoms with Gasteiger partial charge in [-0.05, 0) is 37.3 Å². The summed E-state index contributed by atoms with van der Waals surface area (Å²) in [4.78, 5) is 11.6. The van der Waals surface area contributed by atoms with Crippen molar-refractivity contribution in [1.29, 1.82) is 0 Å². The van der Waals surface area contributed by atoms with Crippen LogP contribution in [0.2, 0.25) is 0 Å². The van der Waals surface area contributed by atoms with Gasteiger partial charge in [-0.25, -0.2) is 4.79 Å². The number of nitrogens with one attached hydrogen (secondary N) is 2. The topological polar surface area (TPSA) is 70.6 Å². The predicted molar refractivity (Wildman–Crippen MR) is 83.7 cm³/mol. The third kappa shape index (κ3) is 6.49. The molecule has 0 fully saturated rings. The van der Waals surface area contributed by atoms with Crippen LogP contribution < -0.4 is 15.4 Å². The molecule has 0 aliphatic rings. The van der Waals surface area contributed by atoms with Crippen molar-refractivity contribution >= 4 is 6.03 Å². The van der Waals surface area contributed by atoms with Crippen molar-refractivity contribution in [2.45, 2.75) is 27.2 Å². The van der Waals surface area contributed by atoms with Crippen molar-refractivity contribution in [2.75, 3.05) is 26.3 Å². The Bertz CT molecular complexity index is 429. The van der Waals surface area contributed by atoms with Crippen molar-refractivity contribution in [3.05, 3.63) is 29.3 Å². The van der Waals surface area contributed by atoms with Crippen LogP contribution in [0.1, 0.15) is 24.5 Å². The van der Waals surface area contributed by atoms with Crippen molar-refractivity contribution in [1.82, 2.24) is 10.6 Å². The molecule has 21 heavy (non-hydrogen) atoms. The van der Waals surface area contributed by atoms with E-state index in [1.54, 1.807) is 0 Å². The third-order valence-electron chi connectivity index (χ3n) is 3.28. The highest BCUT2D eigenvalue weighted by molar-refractivity contribution is 5.73. The summed E-state index contributed by atoms with van der Waals surface area (Å²) in [6.07, 6.45) is 0.690. The van der Waals surface area contributed by atoms with E-state index in [-0.39, 0.29) is 18.6 Å². The fourth-order valence-corrected chi connectivity index (χ4v) is 2.00. The second-order valence-corrected chi connectivity index (χ2v) is 5.32. The van der Waals surface area contributed by atoms with E-state index in [4.69, 9.17) is 9.84 Å². The molecule has 0 heterocycles. The van der Waals surface area contributed by atoms with E-state index in [1.807, 2.05) is 39.0 Å². The molecule has 118 valence electrons. The molecule has 1 atom stereocenters. The second kappa shape index (κ2) is 9.23. The van der Waals surface area contributed by atoms with Gasteiger partial charge >= 0.3 is 6.03 Å². The number of hydrogen-bond acceptors (Lipinski definition) is 3. The Labute approximate surface area is 126 Å². The van der Waals surface area contributed by atoms with Gasteiger partial charge in [0, 0.05) is 13.2 Å². The number of benzene rings is 1. The number of ether oxygens (including phenoxy) is 1. The molecule has 5 heteroatoms. The maximum absolute atomic E-state index is 11.6. The summed E-state index contributed by atoms with van der Waals surface area (Å²) in [5, 5.41) is 14.3. The van der Waals surface area contributed by atoms with Crippen LogP contribution in [0.3, 0.4) is 0 Å². The number of hydrogen-bond donors (Lipinski definition) is 3. The van der Waals surface area contributed by atoms with Crippen LogP contribution in [0.25, 0.3) is 0 Å². The minimum atomic E-state index is -0.204. The SMILES string of the molecule is Cc1cccc(C)c1OCCNC(=O)NCC(C)CCO. The molecule has 0 saturated carbocycles. The molecule has 1 unspecified atom stereocenters. The molecule has 2 amide bonds. The predicted octanol–water partition coefficient (Wildman–Crippen LogP) is 2.00. The highest BCUT2D eigenvalue weighted by Crippen LogP contribution is 2.21. The Morgan fingerprint density at radius 2 is 1.95 bits per heavy atom. The number of amides is 2. The van der Waals surface area contributed by atoms with E-state index in [0.717, 1.165) is 16.9 Å². The third-order valence-corrected chi connectivity index (χ3v) is 3.28. The van der Waals surface area contributed by atoms with Gasteiger partial charge in [-0.3, -0.25) is 0 Å². The first-order valence-corrected chi connectivity index (χ1v) is 7.36. The van der Waals surface area contributed by atoms with Gasteiger partial charge < -0.3 is 20.5 Å². The fraction of sp³-hybridized carbons (Fsp3) is 0.562. The first kappa shape index (κ1) is 17.3. The van der Waals surface area contributed by atoms with Gasteiger partial charge in [0.2, 0.25) is 0 Å². The number of rotatable bonds is 8. The molecule has 0 spiro atoms. The first-order chi connectivity index (χ1) is 10.0. The van der Waals surface area contributed by atoms with Crippen molar-refractivity contribution in [3.8, 4) is 5.75 Å². The molecule has 1 aromatic rings. The van der Waals surface area contributed by atoms with Crippen LogP contribution in [0.5, 0.6) is 5.75 Å². The van der Waals surface area contributed by atoms with Gasteiger partial charge in [-0.1, -0.05) is 25.1 Å². The number of carbonyl (C=O) groups is 1. The summed E-state index contributed by atoms with van der Waals surface area (Å²) in [5.41, 5.74) is 2.19. The Hall–Kier alpha value is -1.75. The van der Waals surface area contributed by atoms with E-state index in [1.165, 1.54) is 0 Å². The molecule has 3 N–H and O–H groups in total. The molecule has 0 aliphatic carbocycles. The molecule has 0 bridgehead atoms. The normalized spacial score (nSPS) is 11.8. The molecular formula is C16H26N2O3. The first-order valence-electron chi connectivity index (χ1n) is 7.36. The summed E-state index contributed by atoms with van der Waals surface area (Å²) < 4.78 is 5.71. The lowest BCUT2D eigenvalue weighted by Crippen LogP contribution is -2.39. The number of carbonyl (C=O) groups excluding carboxylic acids is 1. The van der Waals surface area contributed by atoms with Crippen LogP contribution in [0.4, 0.5) is 4.79 Å². The largest absolute Gasteiger partial charge is 0.491 e. The molecule has 0 radical (unpaired) electrons. The van der Waals surface area contributed by atoms with Crippen molar-refractivity contribution in [3.63, 3.8) is 0 Å². The molecule has 5 nitrogen and oxygen atoms in total. The lowest BCUT2D eigenvalue weighted by atomic mass is 10.1. The van der Waals surface area contributed by atoms with Gasteiger partial charge in [0.25, 0.3) is 0 Å². The van der Waals surface area contributed by atoms with Crippen LogP contribution >= 0.6 is 0 Å². The number of aliphatic hydroxyl groups is 1. The van der Waals surface area contributed by atoms with Crippen molar-refractivity contribution < 1.29 is 14.6 Å². The van der Waals surface area contributed by atoms with Crippen LogP contribution in [0, 0.1) is 19.8 Å². The quantitative estimate of drug-likeness (QED) is 0.642. The number of urea groups is 1. The number of aryl methyl sites for hydroxylation is 2. The second-order valence-electron chi connectivity index (χ2n) is 5.32. The molecular weight excluding hydrogens is 268 g/mol. The summed E-state index contributed by atoms with van der Waals surface area (Å²) >= 11 is 0. The van der Waals surface area contributed by atoms with Gasteiger partial charge in [-0.15, -0.1) is 0 Å². The molecule has 1 aromatic carbocycles. The fourth-order valence-electron chi connectivity index (χ4n) is 2.00. The molecule has 0 aliphatic heterocycles. The Balaban J connectivity index is 2.20. The Kier molecular flexibility index (Phi) is 7.61. The van der Waals surface area contributed by atoms with E-state index >= 15 is 0 Å². The molecule has 1 rings (SSSR count). The summed E-state index contributed by atoms with van der Waals surface area (Å²) in [6.45, 7) is 7.59. The summed E-state index contributed by atoms with van der Waals surface area (Å²) in [7, 11) is 0. The molecule has 0 aromatic heterocycles. The van der Waals surface area contributed by atoms with Gasteiger partial charge in [0.1, 0.15) is 12.4 Å². The highest BCUT2D eigenvalue weighted by atomic mass is 16.5. The lowest BCUT2D eigenvalue weighted by Gasteiger charge is -2.14. The minimum Gasteiger partial charge on any atom is -0.491 e. The van der Waals surface area contributed by atoms with Crippen LogP contribution in [-0.2, 0) is 0 Å². The number of para-hydroxylation sites is 1. The van der Waals surface area contributed by atoms with E-state index in [0.29, 0.717) is 26.1 Å². The van der Waals surface area contributed by atoms with Crippen molar-refractivity contribution in [2.24, 2.45) is 5.92 Å². The zero-order valence-corrected chi connectivity index (χ0v) is 13.1. The monoisotopic (exact) mass is 294 g/mol. The van der Waals surface area contributed by atoms with E-state index in [9.17, 15) is 4.79 Å². The Morgan fingerprint density at radius 1 is 1.29 bits per heavy atom. The maximum Gasteiger partial charge on any atom is 0.314 e. The van der Waals surface area contributed by atoms with Gasteiger partial charge in [0.05, 0.1) is 6.54 Å². The average Bonchev–Trinajstić information content (AvgIpc) is 2.44. The lowest BCUT2D eigenvalue weighted by molar-refractivity contribution is 0.230. The zero-order chi connectivity index (χ0) is 15.7. The number of aliphatic hydroxyl groups excluding tert-OH is 1. The van der Waals surface area contributed by atoms with E-state index < -0.39 is 0 Å². The standard InChI is InChI=1S/C16H26N2O3/c1-12(7-9-19)11-18-16(20)17-8-10-21-15-13(2)5-4-6-14(15)3/h4-6,12,19H,7-11H2,1-3H3,(H2,17,18,20). The zero-order valence-electron chi connectivity index (χ0n) is 13.1. The van der Waals surface area contributed by atoms with Gasteiger partial charge in [0.15, 0.2) is 0 Å². The summed E-state index contributed by atoms with van der Waals surface area (Å²) in [6, 6.07) is 5.80.